The van der Waals surface area contributed by atoms with Gasteiger partial charge in [-0.25, -0.2) is 4.39 Å². The van der Waals surface area contributed by atoms with Crippen LogP contribution in [-0.2, 0) is 0 Å². The number of hydrogen-bond acceptors (Lipinski definition) is 2. The maximum Gasteiger partial charge on any atom is 0.125 e. The fourth-order valence-corrected chi connectivity index (χ4v) is 2.42. The lowest BCUT2D eigenvalue weighted by Crippen LogP contribution is -2.33. The molecule has 1 heterocycles. The predicted octanol–water partition coefficient (Wildman–Crippen LogP) is 2.71. The van der Waals surface area contributed by atoms with E-state index in [2.05, 4.69) is 17.1 Å². The molecule has 0 bridgehead atoms. The number of anilines is 1. The lowest BCUT2D eigenvalue weighted by molar-refractivity contribution is 0.549. The maximum atomic E-state index is 13.3. The first-order chi connectivity index (χ1) is 8.20. The van der Waals surface area contributed by atoms with Gasteiger partial charge in [0.05, 0.1) is 0 Å². The molecule has 17 heavy (non-hydrogen) atoms. The Morgan fingerprint density at radius 2 is 2.29 bits per heavy atom. The van der Waals surface area contributed by atoms with E-state index < -0.39 is 0 Å². The average Bonchev–Trinajstić information content (AvgIpc) is 2.78. The highest BCUT2D eigenvalue weighted by Gasteiger charge is 2.23. The van der Waals surface area contributed by atoms with Crippen molar-refractivity contribution in [1.29, 1.82) is 0 Å². The van der Waals surface area contributed by atoms with Gasteiger partial charge in [-0.05, 0) is 44.0 Å². The van der Waals surface area contributed by atoms with E-state index in [1.165, 1.54) is 6.07 Å². The van der Waals surface area contributed by atoms with Crippen LogP contribution in [0.3, 0.4) is 0 Å². The third-order valence-electron chi connectivity index (χ3n) is 3.38. The van der Waals surface area contributed by atoms with Gasteiger partial charge in [0.15, 0.2) is 0 Å². The second-order valence-corrected chi connectivity index (χ2v) is 4.82. The SMILES string of the molecule is CCCNC1CCN(c2cc(F)ccc2C)C1. The predicted molar refractivity (Wildman–Crippen MR) is 70.0 cm³/mol. The Balaban J connectivity index is 2.02. The van der Waals surface area contributed by atoms with Crippen molar-refractivity contribution in [2.75, 3.05) is 24.5 Å². The summed E-state index contributed by atoms with van der Waals surface area (Å²) in [6, 6.07) is 5.59. The van der Waals surface area contributed by atoms with Gasteiger partial charge in [-0.15, -0.1) is 0 Å². The largest absolute Gasteiger partial charge is 0.370 e. The van der Waals surface area contributed by atoms with Crippen molar-refractivity contribution in [3.05, 3.63) is 29.6 Å². The third-order valence-corrected chi connectivity index (χ3v) is 3.38. The number of nitrogens with zero attached hydrogens (tertiary/aromatic N) is 1. The first-order valence-electron chi connectivity index (χ1n) is 6.45. The molecule has 1 aliphatic heterocycles. The van der Waals surface area contributed by atoms with Crippen LogP contribution in [0.2, 0.25) is 0 Å². The minimum atomic E-state index is -0.143. The van der Waals surface area contributed by atoms with E-state index >= 15 is 0 Å². The summed E-state index contributed by atoms with van der Waals surface area (Å²) in [6.07, 6.45) is 2.31. The standard InChI is InChI=1S/C14H21FN2/c1-3-7-16-13-6-8-17(10-13)14-9-12(15)5-4-11(14)2/h4-5,9,13,16H,3,6-8,10H2,1-2H3. The number of halogens is 1. The number of benzene rings is 1. The van der Waals surface area contributed by atoms with Gasteiger partial charge >= 0.3 is 0 Å². The van der Waals surface area contributed by atoms with Crippen molar-refractivity contribution in [1.82, 2.24) is 5.32 Å². The number of rotatable bonds is 4. The van der Waals surface area contributed by atoms with Gasteiger partial charge < -0.3 is 10.2 Å². The van der Waals surface area contributed by atoms with Gasteiger partial charge in [0, 0.05) is 24.8 Å². The summed E-state index contributed by atoms with van der Waals surface area (Å²) < 4.78 is 13.3. The van der Waals surface area contributed by atoms with E-state index in [1.54, 1.807) is 6.07 Å². The van der Waals surface area contributed by atoms with Gasteiger partial charge in [-0.3, -0.25) is 0 Å². The molecule has 0 spiro atoms. The van der Waals surface area contributed by atoms with Gasteiger partial charge in [0.2, 0.25) is 0 Å². The van der Waals surface area contributed by atoms with Crippen LogP contribution < -0.4 is 10.2 Å². The van der Waals surface area contributed by atoms with E-state index in [0.717, 1.165) is 43.7 Å². The van der Waals surface area contributed by atoms with Gasteiger partial charge in [-0.2, -0.15) is 0 Å². The highest BCUT2D eigenvalue weighted by atomic mass is 19.1. The summed E-state index contributed by atoms with van der Waals surface area (Å²) in [5.41, 5.74) is 2.20. The molecule has 1 aromatic rings. The normalized spacial score (nSPS) is 19.9. The summed E-state index contributed by atoms with van der Waals surface area (Å²) in [4.78, 5) is 2.28. The second-order valence-electron chi connectivity index (χ2n) is 4.82. The number of aryl methyl sites for hydroxylation is 1. The molecule has 2 rings (SSSR count). The van der Waals surface area contributed by atoms with Crippen molar-refractivity contribution >= 4 is 5.69 Å². The molecular weight excluding hydrogens is 215 g/mol. The molecule has 0 radical (unpaired) electrons. The fraction of sp³-hybridized carbons (Fsp3) is 0.571. The molecular formula is C14H21FN2. The number of hydrogen-bond donors (Lipinski definition) is 1. The van der Waals surface area contributed by atoms with E-state index in [-0.39, 0.29) is 5.82 Å². The Morgan fingerprint density at radius 3 is 3.06 bits per heavy atom. The quantitative estimate of drug-likeness (QED) is 0.864. The van der Waals surface area contributed by atoms with Crippen LogP contribution in [0.15, 0.2) is 18.2 Å². The monoisotopic (exact) mass is 236 g/mol. The van der Waals surface area contributed by atoms with E-state index in [1.807, 2.05) is 13.0 Å². The first-order valence-corrected chi connectivity index (χ1v) is 6.45. The molecule has 2 nitrogen and oxygen atoms in total. The summed E-state index contributed by atoms with van der Waals surface area (Å²) >= 11 is 0. The van der Waals surface area contributed by atoms with Crippen LogP contribution in [-0.4, -0.2) is 25.7 Å². The van der Waals surface area contributed by atoms with Gasteiger partial charge in [-0.1, -0.05) is 13.0 Å². The number of nitrogens with one attached hydrogen (secondary N) is 1. The molecule has 0 aliphatic carbocycles. The molecule has 1 saturated heterocycles. The molecule has 1 atom stereocenters. The summed E-state index contributed by atoms with van der Waals surface area (Å²) in [6.45, 7) is 7.30. The zero-order valence-electron chi connectivity index (χ0n) is 10.7. The molecule has 1 N–H and O–H groups in total. The van der Waals surface area contributed by atoms with E-state index in [9.17, 15) is 4.39 Å². The zero-order valence-corrected chi connectivity index (χ0v) is 10.7. The van der Waals surface area contributed by atoms with Crippen LogP contribution in [0, 0.1) is 12.7 Å². The maximum absolute atomic E-state index is 13.3. The van der Waals surface area contributed by atoms with Crippen molar-refractivity contribution in [3.8, 4) is 0 Å². The molecule has 1 aliphatic rings. The van der Waals surface area contributed by atoms with Crippen LogP contribution in [0.1, 0.15) is 25.3 Å². The molecule has 1 unspecified atom stereocenters. The van der Waals surface area contributed by atoms with E-state index in [0.29, 0.717) is 6.04 Å². The van der Waals surface area contributed by atoms with Crippen LogP contribution in [0.4, 0.5) is 10.1 Å². The molecule has 0 aromatic heterocycles. The minimum Gasteiger partial charge on any atom is -0.370 e. The third kappa shape index (κ3) is 2.97. The van der Waals surface area contributed by atoms with Gasteiger partial charge in [0.25, 0.3) is 0 Å². The Labute approximate surface area is 103 Å². The highest BCUT2D eigenvalue weighted by molar-refractivity contribution is 5.54. The first kappa shape index (κ1) is 12.4. The molecule has 1 aromatic carbocycles. The molecule has 3 heteroatoms. The van der Waals surface area contributed by atoms with Gasteiger partial charge in [0.1, 0.15) is 5.82 Å². The lowest BCUT2D eigenvalue weighted by Gasteiger charge is -2.21. The smallest absolute Gasteiger partial charge is 0.125 e. The zero-order chi connectivity index (χ0) is 12.3. The lowest BCUT2D eigenvalue weighted by atomic mass is 10.2. The van der Waals surface area contributed by atoms with Crippen molar-refractivity contribution < 1.29 is 4.39 Å². The van der Waals surface area contributed by atoms with E-state index in [4.69, 9.17) is 0 Å². The Kier molecular flexibility index (Phi) is 4.00. The average molecular weight is 236 g/mol. The molecule has 0 saturated carbocycles. The van der Waals surface area contributed by atoms with Crippen molar-refractivity contribution in [2.45, 2.75) is 32.7 Å². The molecule has 1 fully saturated rings. The summed E-state index contributed by atoms with van der Waals surface area (Å²) in [5, 5.41) is 3.53. The van der Waals surface area contributed by atoms with Crippen LogP contribution in [0.5, 0.6) is 0 Å². The van der Waals surface area contributed by atoms with Crippen molar-refractivity contribution in [2.24, 2.45) is 0 Å². The molecule has 94 valence electrons. The van der Waals surface area contributed by atoms with Crippen molar-refractivity contribution in [3.63, 3.8) is 0 Å². The Hall–Kier alpha value is -1.09. The topological polar surface area (TPSA) is 15.3 Å². The summed E-state index contributed by atoms with van der Waals surface area (Å²) in [5.74, 6) is -0.143. The highest BCUT2D eigenvalue weighted by Crippen LogP contribution is 2.25. The minimum absolute atomic E-state index is 0.143. The Morgan fingerprint density at radius 1 is 1.47 bits per heavy atom. The second kappa shape index (κ2) is 5.50. The summed E-state index contributed by atoms with van der Waals surface area (Å²) in [7, 11) is 0. The fourth-order valence-electron chi connectivity index (χ4n) is 2.42. The van der Waals surface area contributed by atoms with Crippen LogP contribution in [0.25, 0.3) is 0 Å². The Bertz CT molecular complexity index is 378. The van der Waals surface area contributed by atoms with Crippen LogP contribution >= 0.6 is 0 Å². The molecule has 0 amide bonds.